The molecule has 1 saturated heterocycles. The second kappa shape index (κ2) is 6.10. The smallest absolute Gasteiger partial charge is 0.228 e. The lowest BCUT2D eigenvalue weighted by Crippen LogP contribution is -2.53. The van der Waals surface area contributed by atoms with Crippen molar-refractivity contribution in [2.75, 3.05) is 26.2 Å². The van der Waals surface area contributed by atoms with E-state index >= 15 is 0 Å². The molecule has 0 radical (unpaired) electrons. The van der Waals surface area contributed by atoms with Crippen LogP contribution in [-0.2, 0) is 16.0 Å². The summed E-state index contributed by atoms with van der Waals surface area (Å²) in [7, 11) is 0. The summed E-state index contributed by atoms with van der Waals surface area (Å²) in [6, 6.07) is 0. The van der Waals surface area contributed by atoms with Crippen molar-refractivity contribution in [2.24, 2.45) is 5.41 Å². The minimum Gasteiger partial charge on any atom is -0.361 e. The molecule has 0 atom stereocenters. The van der Waals surface area contributed by atoms with Crippen LogP contribution in [0.3, 0.4) is 0 Å². The molecule has 0 bridgehead atoms. The highest BCUT2D eigenvalue weighted by atomic mass is 16.5. The normalized spacial score (nSPS) is 16.0. The molecule has 6 nitrogen and oxygen atoms in total. The van der Waals surface area contributed by atoms with Crippen LogP contribution in [0.25, 0.3) is 0 Å². The second-order valence-electron chi connectivity index (χ2n) is 6.90. The molecule has 0 unspecified atom stereocenters. The molecular weight excluding hydrogens is 282 g/mol. The van der Waals surface area contributed by atoms with Crippen molar-refractivity contribution in [1.82, 2.24) is 15.0 Å². The van der Waals surface area contributed by atoms with Gasteiger partial charge in [0.15, 0.2) is 0 Å². The van der Waals surface area contributed by atoms with E-state index < -0.39 is 0 Å². The van der Waals surface area contributed by atoms with E-state index in [0.29, 0.717) is 38.4 Å². The van der Waals surface area contributed by atoms with E-state index in [1.54, 1.807) is 0 Å². The summed E-state index contributed by atoms with van der Waals surface area (Å²) in [5.41, 5.74) is 1.27. The van der Waals surface area contributed by atoms with Gasteiger partial charge in [0.05, 0.1) is 12.1 Å². The van der Waals surface area contributed by atoms with Gasteiger partial charge in [0.2, 0.25) is 11.8 Å². The zero-order valence-corrected chi connectivity index (χ0v) is 14.1. The Balaban J connectivity index is 1.92. The van der Waals surface area contributed by atoms with Crippen LogP contribution in [0.15, 0.2) is 4.52 Å². The van der Waals surface area contributed by atoms with Gasteiger partial charge >= 0.3 is 0 Å². The number of nitrogens with zero attached hydrogens (tertiary/aromatic N) is 3. The van der Waals surface area contributed by atoms with Crippen LogP contribution in [0.2, 0.25) is 0 Å². The number of rotatable bonds is 2. The van der Waals surface area contributed by atoms with Crippen molar-refractivity contribution < 1.29 is 14.1 Å². The largest absolute Gasteiger partial charge is 0.361 e. The standard InChI is InChI=1S/C16H25N3O3/c1-11-13(12(2)22-17-11)10-14(20)18-6-8-19(9-7-18)15(21)16(3,4)5/h6-10H2,1-5H3. The minimum absolute atomic E-state index is 0.0669. The lowest BCUT2D eigenvalue weighted by atomic mass is 9.94. The molecule has 1 aliphatic rings. The molecule has 2 amide bonds. The van der Waals surface area contributed by atoms with Crippen molar-refractivity contribution in [2.45, 2.75) is 41.0 Å². The van der Waals surface area contributed by atoms with E-state index in [1.807, 2.05) is 44.4 Å². The quantitative estimate of drug-likeness (QED) is 0.831. The third-order valence-corrected chi connectivity index (χ3v) is 4.07. The predicted octanol–water partition coefficient (Wildman–Crippen LogP) is 1.55. The van der Waals surface area contributed by atoms with Gasteiger partial charge in [0.25, 0.3) is 0 Å². The number of carbonyl (C=O) groups excluding carboxylic acids is 2. The highest BCUT2D eigenvalue weighted by molar-refractivity contribution is 5.82. The van der Waals surface area contributed by atoms with Gasteiger partial charge in [-0.05, 0) is 13.8 Å². The molecule has 0 spiro atoms. The van der Waals surface area contributed by atoms with E-state index in [2.05, 4.69) is 5.16 Å². The van der Waals surface area contributed by atoms with E-state index in [1.165, 1.54) is 0 Å². The molecule has 1 aromatic rings. The summed E-state index contributed by atoms with van der Waals surface area (Å²) in [4.78, 5) is 28.3. The average Bonchev–Trinajstić information content (AvgIpc) is 2.77. The lowest BCUT2D eigenvalue weighted by molar-refractivity contribution is -0.144. The Bertz CT molecular complexity index is 544. The summed E-state index contributed by atoms with van der Waals surface area (Å²) < 4.78 is 5.10. The van der Waals surface area contributed by atoms with Crippen LogP contribution in [0.5, 0.6) is 0 Å². The van der Waals surface area contributed by atoms with Gasteiger partial charge in [-0.25, -0.2) is 0 Å². The molecule has 122 valence electrons. The van der Waals surface area contributed by atoms with Crippen molar-refractivity contribution in [3.63, 3.8) is 0 Å². The first-order chi connectivity index (χ1) is 10.2. The van der Waals surface area contributed by atoms with Crippen LogP contribution in [-0.4, -0.2) is 52.9 Å². The number of hydrogen-bond donors (Lipinski definition) is 0. The van der Waals surface area contributed by atoms with Gasteiger partial charge in [0.1, 0.15) is 5.76 Å². The minimum atomic E-state index is -0.372. The molecule has 0 saturated carbocycles. The Morgan fingerprint density at radius 1 is 1.09 bits per heavy atom. The van der Waals surface area contributed by atoms with Crippen molar-refractivity contribution in [3.05, 3.63) is 17.0 Å². The monoisotopic (exact) mass is 307 g/mol. The van der Waals surface area contributed by atoms with E-state index in [9.17, 15) is 9.59 Å². The van der Waals surface area contributed by atoms with Crippen LogP contribution in [0.4, 0.5) is 0 Å². The Morgan fingerprint density at radius 3 is 2.09 bits per heavy atom. The molecule has 0 aliphatic carbocycles. The molecule has 2 rings (SSSR count). The Hall–Kier alpha value is -1.85. The van der Waals surface area contributed by atoms with Crippen LogP contribution >= 0.6 is 0 Å². The SMILES string of the molecule is Cc1noc(C)c1CC(=O)N1CCN(C(=O)C(C)(C)C)CC1. The maximum Gasteiger partial charge on any atom is 0.228 e. The van der Waals surface area contributed by atoms with Gasteiger partial charge in [0, 0.05) is 37.2 Å². The summed E-state index contributed by atoms with van der Waals surface area (Å²) in [6.07, 6.45) is 0.314. The van der Waals surface area contributed by atoms with Gasteiger partial charge in [-0.15, -0.1) is 0 Å². The zero-order valence-electron chi connectivity index (χ0n) is 14.1. The van der Waals surface area contributed by atoms with Crippen molar-refractivity contribution in [1.29, 1.82) is 0 Å². The molecule has 22 heavy (non-hydrogen) atoms. The number of piperazine rings is 1. The van der Waals surface area contributed by atoms with E-state index in [4.69, 9.17) is 4.52 Å². The fraction of sp³-hybridized carbons (Fsp3) is 0.688. The summed E-state index contributed by atoms with van der Waals surface area (Å²) in [5, 5.41) is 3.88. The number of aromatic nitrogens is 1. The maximum absolute atomic E-state index is 12.4. The number of hydrogen-bond acceptors (Lipinski definition) is 4. The molecule has 0 N–H and O–H groups in total. The number of carbonyl (C=O) groups is 2. The molecule has 1 aliphatic heterocycles. The third-order valence-electron chi connectivity index (χ3n) is 4.07. The van der Waals surface area contributed by atoms with Crippen molar-refractivity contribution >= 4 is 11.8 Å². The Morgan fingerprint density at radius 2 is 1.64 bits per heavy atom. The fourth-order valence-corrected chi connectivity index (χ4v) is 2.65. The van der Waals surface area contributed by atoms with Crippen LogP contribution < -0.4 is 0 Å². The molecular formula is C16H25N3O3. The maximum atomic E-state index is 12.4. The number of amides is 2. The van der Waals surface area contributed by atoms with Gasteiger partial charge in [-0.3, -0.25) is 9.59 Å². The molecule has 0 aromatic carbocycles. The Kier molecular flexibility index (Phi) is 4.58. The van der Waals surface area contributed by atoms with Crippen molar-refractivity contribution in [3.8, 4) is 0 Å². The third kappa shape index (κ3) is 3.48. The average molecular weight is 307 g/mol. The highest BCUT2D eigenvalue weighted by Gasteiger charge is 2.31. The lowest BCUT2D eigenvalue weighted by Gasteiger charge is -2.37. The first kappa shape index (κ1) is 16.5. The van der Waals surface area contributed by atoms with Gasteiger partial charge < -0.3 is 14.3 Å². The zero-order chi connectivity index (χ0) is 16.5. The molecule has 1 aromatic heterocycles. The fourth-order valence-electron chi connectivity index (χ4n) is 2.65. The first-order valence-corrected chi connectivity index (χ1v) is 7.69. The van der Waals surface area contributed by atoms with Gasteiger partial charge in [-0.1, -0.05) is 25.9 Å². The number of aryl methyl sites for hydroxylation is 2. The predicted molar refractivity (Wildman–Crippen MR) is 82.3 cm³/mol. The summed E-state index contributed by atoms with van der Waals surface area (Å²) in [5.74, 6) is 0.912. The van der Waals surface area contributed by atoms with E-state index in [0.717, 1.165) is 11.3 Å². The summed E-state index contributed by atoms with van der Waals surface area (Å²) >= 11 is 0. The van der Waals surface area contributed by atoms with Gasteiger partial charge in [-0.2, -0.15) is 0 Å². The highest BCUT2D eigenvalue weighted by Crippen LogP contribution is 2.19. The van der Waals surface area contributed by atoms with E-state index in [-0.39, 0.29) is 17.2 Å². The molecule has 6 heteroatoms. The van der Waals surface area contributed by atoms with Crippen LogP contribution in [0.1, 0.15) is 37.8 Å². The summed E-state index contributed by atoms with van der Waals surface area (Å²) in [6.45, 7) is 11.8. The Labute approximate surface area is 131 Å². The second-order valence-corrected chi connectivity index (χ2v) is 6.90. The van der Waals surface area contributed by atoms with Crippen LogP contribution in [0, 0.1) is 19.3 Å². The molecule has 2 heterocycles. The molecule has 1 fully saturated rings. The first-order valence-electron chi connectivity index (χ1n) is 7.69. The topological polar surface area (TPSA) is 66.7 Å².